The van der Waals surface area contributed by atoms with E-state index in [1.807, 2.05) is 42.8 Å². The summed E-state index contributed by atoms with van der Waals surface area (Å²) in [6, 6.07) is 7.76. The van der Waals surface area contributed by atoms with Gasteiger partial charge >= 0.3 is 5.97 Å². The first-order valence-corrected chi connectivity index (χ1v) is 6.45. The molecule has 0 bridgehead atoms. The molecule has 5 heteroatoms. The lowest BCUT2D eigenvalue weighted by Gasteiger charge is -2.08. The van der Waals surface area contributed by atoms with Crippen LogP contribution in [0.15, 0.2) is 24.3 Å². The van der Waals surface area contributed by atoms with Crippen molar-refractivity contribution >= 4 is 33.6 Å². The highest BCUT2D eigenvalue weighted by molar-refractivity contribution is 6.16. The van der Waals surface area contributed by atoms with Gasteiger partial charge < -0.3 is 15.4 Å². The average molecular weight is 269 g/mol. The number of carbonyl (C=O) groups is 1. The van der Waals surface area contributed by atoms with Gasteiger partial charge in [-0.15, -0.1) is 0 Å². The highest BCUT2D eigenvalue weighted by atomic mass is 16.4. The smallest absolute Gasteiger partial charge is 0.339 e. The lowest BCUT2D eigenvalue weighted by atomic mass is 10.1. The third kappa shape index (κ3) is 1.49. The number of aromatic carboxylic acids is 1. The van der Waals surface area contributed by atoms with Gasteiger partial charge in [0, 0.05) is 12.4 Å². The Morgan fingerprint density at radius 3 is 2.75 bits per heavy atom. The van der Waals surface area contributed by atoms with Crippen LogP contribution < -0.4 is 5.73 Å². The topological polar surface area (TPSA) is 81.1 Å². The van der Waals surface area contributed by atoms with E-state index < -0.39 is 5.97 Å². The van der Waals surface area contributed by atoms with Crippen molar-refractivity contribution in [3.63, 3.8) is 0 Å². The lowest BCUT2D eigenvalue weighted by molar-refractivity contribution is 0.0696. The number of hydrogen-bond acceptors (Lipinski definition) is 3. The van der Waals surface area contributed by atoms with Crippen molar-refractivity contribution in [2.24, 2.45) is 7.05 Å². The summed E-state index contributed by atoms with van der Waals surface area (Å²) < 4.78 is 1.95. The highest BCUT2D eigenvalue weighted by Crippen LogP contribution is 2.34. The number of aryl methyl sites for hydroxylation is 2. The normalized spacial score (nSPS) is 11.3. The molecule has 3 rings (SSSR count). The van der Waals surface area contributed by atoms with Gasteiger partial charge in [0.15, 0.2) is 0 Å². The number of carboxylic acids is 1. The summed E-state index contributed by atoms with van der Waals surface area (Å²) in [4.78, 5) is 16.0. The third-order valence-corrected chi connectivity index (χ3v) is 3.69. The Hall–Kier alpha value is -2.56. The minimum Gasteiger partial charge on any atom is -0.478 e. The predicted molar refractivity (Wildman–Crippen MR) is 79.0 cm³/mol. The highest BCUT2D eigenvalue weighted by Gasteiger charge is 2.21. The van der Waals surface area contributed by atoms with Gasteiger partial charge in [-0.05, 0) is 12.5 Å². The Kier molecular flexibility index (Phi) is 2.64. The Balaban J connectivity index is 2.59. The molecule has 0 aliphatic rings. The Bertz CT molecular complexity index is 849. The molecule has 0 radical (unpaired) electrons. The number of pyridine rings is 1. The molecule has 0 aliphatic heterocycles. The van der Waals surface area contributed by atoms with E-state index in [1.54, 1.807) is 0 Å². The van der Waals surface area contributed by atoms with E-state index in [0.29, 0.717) is 17.8 Å². The van der Waals surface area contributed by atoms with Crippen molar-refractivity contribution in [2.45, 2.75) is 13.3 Å². The second kappa shape index (κ2) is 4.23. The average Bonchev–Trinajstić information content (AvgIpc) is 2.72. The molecule has 20 heavy (non-hydrogen) atoms. The van der Waals surface area contributed by atoms with E-state index >= 15 is 0 Å². The van der Waals surface area contributed by atoms with Crippen molar-refractivity contribution in [2.75, 3.05) is 5.73 Å². The van der Waals surface area contributed by atoms with Crippen molar-refractivity contribution < 1.29 is 9.90 Å². The predicted octanol–water partition coefficient (Wildman–Crippen LogP) is 2.57. The largest absolute Gasteiger partial charge is 0.478 e. The molecule has 3 N–H and O–H groups in total. The Morgan fingerprint density at radius 2 is 2.10 bits per heavy atom. The molecule has 0 amide bonds. The number of nitrogen functional groups attached to an aromatic ring is 1. The molecule has 2 heterocycles. The standard InChI is InChI=1S/C15H15N3O2/c1-3-9-12(15(19)20)13(16)11-8-6-4-5-7-10(8)18(2)14(11)17-9/h4-7H,3H2,1-2H3,(H2,16,17)(H,19,20). The quantitative estimate of drug-likeness (QED) is 0.749. The van der Waals surface area contributed by atoms with Crippen LogP contribution in [0.1, 0.15) is 23.0 Å². The summed E-state index contributed by atoms with van der Waals surface area (Å²) in [7, 11) is 1.91. The molecule has 3 aromatic rings. The molecule has 0 spiro atoms. The first-order chi connectivity index (χ1) is 9.56. The maximum absolute atomic E-state index is 11.5. The molecule has 0 saturated heterocycles. The number of rotatable bonds is 2. The van der Waals surface area contributed by atoms with Crippen LogP contribution in [0.3, 0.4) is 0 Å². The van der Waals surface area contributed by atoms with Crippen LogP contribution in [-0.2, 0) is 13.5 Å². The van der Waals surface area contributed by atoms with E-state index in [2.05, 4.69) is 4.98 Å². The molecule has 0 atom stereocenters. The third-order valence-electron chi connectivity index (χ3n) is 3.69. The Morgan fingerprint density at radius 1 is 1.40 bits per heavy atom. The molecule has 0 saturated carbocycles. The zero-order valence-electron chi connectivity index (χ0n) is 11.3. The SMILES string of the molecule is CCc1nc2c(c(N)c1C(=O)O)c1ccccc1n2C. The van der Waals surface area contributed by atoms with Gasteiger partial charge in [-0.3, -0.25) is 0 Å². The monoisotopic (exact) mass is 269 g/mol. The molecule has 2 aromatic heterocycles. The van der Waals surface area contributed by atoms with E-state index in [4.69, 9.17) is 5.73 Å². The fourth-order valence-corrected chi connectivity index (χ4v) is 2.73. The molecule has 5 nitrogen and oxygen atoms in total. The van der Waals surface area contributed by atoms with Crippen LogP contribution in [-0.4, -0.2) is 20.6 Å². The molecule has 0 aliphatic carbocycles. The number of nitrogens with two attached hydrogens (primary N) is 1. The summed E-state index contributed by atoms with van der Waals surface area (Å²) in [6.45, 7) is 1.88. The first-order valence-electron chi connectivity index (χ1n) is 6.45. The van der Waals surface area contributed by atoms with Crippen molar-refractivity contribution in [1.29, 1.82) is 0 Å². The van der Waals surface area contributed by atoms with Crippen molar-refractivity contribution in [1.82, 2.24) is 9.55 Å². The van der Waals surface area contributed by atoms with Gasteiger partial charge in [0.2, 0.25) is 0 Å². The van der Waals surface area contributed by atoms with Crippen LogP contribution in [0.5, 0.6) is 0 Å². The van der Waals surface area contributed by atoms with Gasteiger partial charge in [-0.1, -0.05) is 25.1 Å². The maximum atomic E-state index is 11.5. The van der Waals surface area contributed by atoms with E-state index in [0.717, 1.165) is 21.9 Å². The van der Waals surface area contributed by atoms with Gasteiger partial charge in [-0.25, -0.2) is 9.78 Å². The summed E-state index contributed by atoms with van der Waals surface area (Å²) >= 11 is 0. The number of aromatic nitrogens is 2. The fraction of sp³-hybridized carbons (Fsp3) is 0.200. The van der Waals surface area contributed by atoms with E-state index in [-0.39, 0.29) is 5.56 Å². The number of benzene rings is 1. The van der Waals surface area contributed by atoms with Gasteiger partial charge in [0.1, 0.15) is 11.2 Å². The lowest BCUT2D eigenvalue weighted by Crippen LogP contribution is -2.10. The fourth-order valence-electron chi connectivity index (χ4n) is 2.73. The molecular weight excluding hydrogens is 254 g/mol. The van der Waals surface area contributed by atoms with E-state index in [1.165, 1.54) is 0 Å². The van der Waals surface area contributed by atoms with Crippen LogP contribution in [0.4, 0.5) is 5.69 Å². The number of hydrogen-bond donors (Lipinski definition) is 2. The van der Waals surface area contributed by atoms with E-state index in [9.17, 15) is 9.90 Å². The molecule has 0 fully saturated rings. The first kappa shape index (κ1) is 12.5. The van der Waals surface area contributed by atoms with Gasteiger partial charge in [-0.2, -0.15) is 0 Å². The number of fused-ring (bicyclic) bond motifs is 3. The van der Waals surface area contributed by atoms with Crippen molar-refractivity contribution in [3.8, 4) is 0 Å². The van der Waals surface area contributed by atoms with Crippen LogP contribution >= 0.6 is 0 Å². The minimum absolute atomic E-state index is 0.122. The van der Waals surface area contributed by atoms with Gasteiger partial charge in [0.25, 0.3) is 0 Å². The second-order valence-electron chi connectivity index (χ2n) is 4.78. The number of carboxylic acid groups (broad SMARTS) is 1. The number of nitrogens with zero attached hydrogens (tertiary/aromatic N) is 2. The molecule has 1 aromatic carbocycles. The van der Waals surface area contributed by atoms with Crippen molar-refractivity contribution in [3.05, 3.63) is 35.5 Å². The zero-order chi connectivity index (χ0) is 14.4. The Labute approximate surface area is 115 Å². The number of para-hydroxylation sites is 1. The van der Waals surface area contributed by atoms with Gasteiger partial charge in [0.05, 0.1) is 22.3 Å². The summed E-state index contributed by atoms with van der Waals surface area (Å²) in [5.41, 5.74) is 8.81. The summed E-state index contributed by atoms with van der Waals surface area (Å²) in [5.74, 6) is -1.03. The zero-order valence-corrected chi connectivity index (χ0v) is 11.3. The maximum Gasteiger partial charge on any atom is 0.339 e. The summed E-state index contributed by atoms with van der Waals surface area (Å²) in [6.07, 6.45) is 0.531. The molecular formula is C15H15N3O2. The summed E-state index contributed by atoms with van der Waals surface area (Å²) in [5, 5.41) is 11.0. The minimum atomic E-state index is -1.03. The van der Waals surface area contributed by atoms with Crippen LogP contribution in [0, 0.1) is 0 Å². The van der Waals surface area contributed by atoms with Crippen LogP contribution in [0.2, 0.25) is 0 Å². The second-order valence-corrected chi connectivity index (χ2v) is 4.78. The number of anilines is 1. The molecule has 102 valence electrons. The van der Waals surface area contributed by atoms with Crippen LogP contribution in [0.25, 0.3) is 21.9 Å². The molecule has 0 unspecified atom stereocenters.